The van der Waals surface area contributed by atoms with Crippen LogP contribution in [0, 0.1) is 6.92 Å². The highest BCUT2D eigenvalue weighted by atomic mass is 32.2. The molecule has 0 aromatic heterocycles. The van der Waals surface area contributed by atoms with Crippen LogP contribution < -0.4 is 15.4 Å². The molecular formula is C21H27N3O5S. The summed E-state index contributed by atoms with van der Waals surface area (Å²) in [5, 5.41) is 5.34. The SMILES string of the molecule is CCN(CC)S(=O)(=O)c1ccc(OCC(=O)Nc2ccc(NC(C)=O)cc2)c(C)c1. The van der Waals surface area contributed by atoms with Gasteiger partial charge in [-0.25, -0.2) is 8.42 Å². The number of carbonyl (C=O) groups is 2. The molecule has 0 atom stereocenters. The summed E-state index contributed by atoms with van der Waals surface area (Å²) in [7, 11) is -3.55. The molecule has 2 amide bonds. The predicted octanol–water partition coefficient (Wildman–Crippen LogP) is 3.00. The largest absolute Gasteiger partial charge is 0.483 e. The number of sulfonamides is 1. The maximum atomic E-state index is 12.6. The summed E-state index contributed by atoms with van der Waals surface area (Å²) >= 11 is 0. The van der Waals surface area contributed by atoms with Gasteiger partial charge in [0.2, 0.25) is 15.9 Å². The van der Waals surface area contributed by atoms with E-state index in [4.69, 9.17) is 4.74 Å². The lowest BCUT2D eigenvalue weighted by Crippen LogP contribution is -2.30. The number of hydrogen-bond acceptors (Lipinski definition) is 5. The third-order valence-electron chi connectivity index (χ3n) is 4.34. The van der Waals surface area contributed by atoms with E-state index in [-0.39, 0.29) is 23.3 Å². The molecule has 2 aromatic rings. The summed E-state index contributed by atoms with van der Waals surface area (Å²) in [5.74, 6) is -0.0994. The van der Waals surface area contributed by atoms with Crippen molar-refractivity contribution in [1.29, 1.82) is 0 Å². The minimum atomic E-state index is -3.55. The first-order valence-electron chi connectivity index (χ1n) is 9.58. The van der Waals surface area contributed by atoms with Crippen LogP contribution in [0.15, 0.2) is 47.4 Å². The molecular weight excluding hydrogens is 406 g/mol. The Labute approximate surface area is 177 Å². The number of anilines is 2. The second kappa shape index (κ2) is 10.2. The lowest BCUT2D eigenvalue weighted by atomic mass is 10.2. The van der Waals surface area contributed by atoms with Crippen LogP contribution in [0.2, 0.25) is 0 Å². The second-order valence-corrected chi connectivity index (χ2v) is 8.55. The van der Waals surface area contributed by atoms with Gasteiger partial charge in [0, 0.05) is 31.4 Å². The van der Waals surface area contributed by atoms with Gasteiger partial charge in [0.25, 0.3) is 5.91 Å². The monoisotopic (exact) mass is 433 g/mol. The van der Waals surface area contributed by atoms with Gasteiger partial charge in [-0.2, -0.15) is 4.31 Å². The van der Waals surface area contributed by atoms with E-state index in [1.54, 1.807) is 57.2 Å². The van der Waals surface area contributed by atoms with E-state index in [1.165, 1.54) is 17.3 Å². The number of amides is 2. The Morgan fingerprint density at radius 1 is 0.967 bits per heavy atom. The minimum absolute atomic E-state index is 0.175. The van der Waals surface area contributed by atoms with Crippen molar-refractivity contribution < 1.29 is 22.7 Å². The lowest BCUT2D eigenvalue weighted by molar-refractivity contribution is -0.118. The molecule has 8 nitrogen and oxygen atoms in total. The fraction of sp³-hybridized carbons (Fsp3) is 0.333. The van der Waals surface area contributed by atoms with Gasteiger partial charge in [-0.05, 0) is 55.0 Å². The number of ether oxygens (including phenoxy) is 1. The third kappa shape index (κ3) is 6.04. The molecule has 0 spiro atoms. The summed E-state index contributed by atoms with van der Waals surface area (Å²) in [6.07, 6.45) is 0. The van der Waals surface area contributed by atoms with Gasteiger partial charge in [-0.1, -0.05) is 13.8 Å². The van der Waals surface area contributed by atoms with Crippen molar-refractivity contribution in [1.82, 2.24) is 4.31 Å². The Morgan fingerprint density at radius 2 is 1.53 bits per heavy atom. The predicted molar refractivity (Wildman–Crippen MR) is 116 cm³/mol. The number of hydrogen-bond donors (Lipinski definition) is 2. The van der Waals surface area contributed by atoms with Gasteiger partial charge >= 0.3 is 0 Å². The molecule has 2 aromatic carbocycles. The first-order valence-corrected chi connectivity index (χ1v) is 11.0. The Balaban J connectivity index is 1.99. The van der Waals surface area contributed by atoms with Gasteiger partial charge in [0.1, 0.15) is 5.75 Å². The van der Waals surface area contributed by atoms with Crippen molar-refractivity contribution >= 4 is 33.2 Å². The van der Waals surface area contributed by atoms with Crippen molar-refractivity contribution in [2.24, 2.45) is 0 Å². The molecule has 30 heavy (non-hydrogen) atoms. The Kier molecular flexibility index (Phi) is 7.96. The van der Waals surface area contributed by atoms with Crippen LogP contribution >= 0.6 is 0 Å². The highest BCUT2D eigenvalue weighted by Gasteiger charge is 2.22. The number of aryl methyl sites for hydroxylation is 1. The van der Waals surface area contributed by atoms with Gasteiger partial charge in [0.05, 0.1) is 4.90 Å². The first kappa shape index (κ1) is 23.4. The topological polar surface area (TPSA) is 105 Å². The molecule has 9 heteroatoms. The zero-order valence-electron chi connectivity index (χ0n) is 17.6. The number of benzene rings is 2. The van der Waals surface area contributed by atoms with E-state index >= 15 is 0 Å². The molecule has 0 bridgehead atoms. The lowest BCUT2D eigenvalue weighted by Gasteiger charge is -2.19. The fourth-order valence-corrected chi connectivity index (χ4v) is 4.38. The number of carbonyl (C=O) groups excluding carboxylic acids is 2. The third-order valence-corrected chi connectivity index (χ3v) is 6.38. The van der Waals surface area contributed by atoms with E-state index < -0.39 is 10.0 Å². The summed E-state index contributed by atoms with van der Waals surface area (Å²) in [5.41, 5.74) is 1.82. The maximum absolute atomic E-state index is 12.6. The Hall–Kier alpha value is -2.91. The van der Waals surface area contributed by atoms with E-state index in [9.17, 15) is 18.0 Å². The van der Waals surface area contributed by atoms with Gasteiger partial charge in [-0.15, -0.1) is 0 Å². The molecule has 2 rings (SSSR count). The zero-order valence-corrected chi connectivity index (χ0v) is 18.4. The highest BCUT2D eigenvalue weighted by Crippen LogP contribution is 2.24. The number of rotatable bonds is 9. The van der Waals surface area contributed by atoms with E-state index in [2.05, 4.69) is 10.6 Å². The molecule has 0 saturated heterocycles. The van der Waals surface area contributed by atoms with Crippen molar-refractivity contribution in [3.8, 4) is 5.75 Å². The van der Waals surface area contributed by atoms with E-state index in [0.29, 0.717) is 35.8 Å². The summed E-state index contributed by atoms with van der Waals surface area (Å²) < 4.78 is 32.1. The van der Waals surface area contributed by atoms with Crippen LogP contribution in [0.3, 0.4) is 0 Å². The quantitative estimate of drug-likeness (QED) is 0.633. The van der Waals surface area contributed by atoms with Crippen LogP contribution in [-0.4, -0.2) is 44.2 Å². The minimum Gasteiger partial charge on any atom is -0.483 e. The number of nitrogens with zero attached hydrogens (tertiary/aromatic N) is 1. The molecule has 0 fully saturated rings. The normalized spacial score (nSPS) is 11.2. The Bertz CT molecular complexity index is 1000. The summed E-state index contributed by atoms with van der Waals surface area (Å²) in [4.78, 5) is 23.4. The molecule has 162 valence electrons. The second-order valence-electron chi connectivity index (χ2n) is 6.61. The highest BCUT2D eigenvalue weighted by molar-refractivity contribution is 7.89. The van der Waals surface area contributed by atoms with E-state index in [0.717, 1.165) is 0 Å². The zero-order chi connectivity index (χ0) is 22.3. The molecule has 2 N–H and O–H groups in total. The molecule has 0 aliphatic carbocycles. The first-order chi connectivity index (χ1) is 14.2. The van der Waals surface area contributed by atoms with Crippen LogP contribution in [0.5, 0.6) is 5.75 Å². The van der Waals surface area contributed by atoms with Crippen molar-refractivity contribution in [3.05, 3.63) is 48.0 Å². The van der Waals surface area contributed by atoms with E-state index in [1.807, 2.05) is 0 Å². The molecule has 0 unspecified atom stereocenters. The van der Waals surface area contributed by atoms with Crippen molar-refractivity contribution in [3.63, 3.8) is 0 Å². The molecule has 0 aliphatic heterocycles. The summed E-state index contributed by atoms with van der Waals surface area (Å²) in [6.45, 7) is 7.28. The average Bonchev–Trinajstić information content (AvgIpc) is 2.69. The molecule has 0 heterocycles. The summed E-state index contributed by atoms with van der Waals surface area (Å²) in [6, 6.07) is 11.3. The number of nitrogens with one attached hydrogen (secondary N) is 2. The molecule has 0 radical (unpaired) electrons. The van der Waals surface area contributed by atoms with Gasteiger partial charge in [0.15, 0.2) is 6.61 Å². The fourth-order valence-electron chi connectivity index (χ4n) is 2.84. The van der Waals surface area contributed by atoms with Gasteiger partial charge in [-0.3, -0.25) is 9.59 Å². The smallest absolute Gasteiger partial charge is 0.262 e. The molecule has 0 aliphatic rings. The van der Waals surface area contributed by atoms with Crippen LogP contribution in [0.25, 0.3) is 0 Å². The Morgan fingerprint density at radius 3 is 2.03 bits per heavy atom. The van der Waals surface area contributed by atoms with Gasteiger partial charge < -0.3 is 15.4 Å². The maximum Gasteiger partial charge on any atom is 0.262 e. The standard InChI is InChI=1S/C21H27N3O5S/c1-5-24(6-2)30(27,28)19-11-12-20(15(3)13-19)29-14-21(26)23-18-9-7-17(8-10-18)22-16(4)25/h7-13H,5-6,14H2,1-4H3,(H,22,25)(H,23,26). The molecule has 0 saturated carbocycles. The average molecular weight is 434 g/mol. The van der Waals surface area contributed by atoms with Crippen LogP contribution in [0.4, 0.5) is 11.4 Å². The van der Waals surface area contributed by atoms with Crippen molar-refractivity contribution in [2.45, 2.75) is 32.6 Å². The van der Waals surface area contributed by atoms with Crippen LogP contribution in [0.1, 0.15) is 26.3 Å². The van der Waals surface area contributed by atoms with Crippen molar-refractivity contribution in [2.75, 3.05) is 30.3 Å². The van der Waals surface area contributed by atoms with Crippen LogP contribution in [-0.2, 0) is 19.6 Å².